The Morgan fingerprint density at radius 2 is 2.20 bits per heavy atom. The third-order valence-corrected chi connectivity index (χ3v) is 2.75. The van der Waals surface area contributed by atoms with Gasteiger partial charge in [0, 0.05) is 43.6 Å². The highest BCUT2D eigenvalue weighted by atomic mass is 19.1. The summed E-state index contributed by atoms with van der Waals surface area (Å²) in [5, 5.41) is 0. The lowest BCUT2D eigenvalue weighted by Crippen LogP contribution is -2.34. The van der Waals surface area contributed by atoms with Crippen LogP contribution in [0.3, 0.4) is 0 Å². The Labute approximate surface area is 88.3 Å². The minimum Gasteiger partial charge on any atom is -0.329 e. The van der Waals surface area contributed by atoms with Crippen LogP contribution in [0, 0.1) is 0 Å². The molecule has 1 aromatic rings. The number of rotatable bonds is 3. The van der Waals surface area contributed by atoms with Crippen molar-refractivity contribution in [3.05, 3.63) is 24.3 Å². The van der Waals surface area contributed by atoms with Gasteiger partial charge in [0.1, 0.15) is 12.5 Å². The van der Waals surface area contributed by atoms with Gasteiger partial charge in [-0.1, -0.05) is 0 Å². The molecule has 1 aliphatic rings. The fourth-order valence-corrected chi connectivity index (χ4v) is 2.01. The van der Waals surface area contributed by atoms with Crippen molar-refractivity contribution in [2.24, 2.45) is 5.73 Å². The molecule has 2 rings (SSSR count). The Hall–Kier alpha value is -1.07. The highest BCUT2D eigenvalue weighted by molar-refractivity contribution is 5.03. The first kappa shape index (κ1) is 10.4. The molecule has 1 aromatic heterocycles. The number of hydrogen-bond donors (Lipinski definition) is 1. The second-order valence-electron chi connectivity index (χ2n) is 3.90. The van der Waals surface area contributed by atoms with E-state index in [2.05, 4.69) is 14.9 Å². The van der Waals surface area contributed by atoms with Crippen molar-refractivity contribution in [1.29, 1.82) is 0 Å². The molecule has 0 bridgehead atoms. The molecule has 15 heavy (non-hydrogen) atoms. The number of alkyl halides is 1. The molecule has 0 aliphatic carbocycles. The quantitative estimate of drug-likeness (QED) is 0.782. The lowest BCUT2D eigenvalue weighted by molar-refractivity contribution is 0.238. The molecule has 2 N–H and O–H groups in total. The predicted octanol–water partition coefficient (Wildman–Crippen LogP) is 0.348. The van der Waals surface area contributed by atoms with Gasteiger partial charge in [0.2, 0.25) is 0 Å². The first-order valence-electron chi connectivity index (χ1n) is 5.11. The zero-order valence-corrected chi connectivity index (χ0v) is 8.51. The molecule has 0 radical (unpaired) electrons. The fourth-order valence-electron chi connectivity index (χ4n) is 2.01. The van der Waals surface area contributed by atoms with Gasteiger partial charge in [-0.05, 0) is 6.42 Å². The molecule has 4 nitrogen and oxygen atoms in total. The summed E-state index contributed by atoms with van der Waals surface area (Å²) in [6.45, 7) is 1.66. The van der Waals surface area contributed by atoms with E-state index >= 15 is 0 Å². The first-order valence-corrected chi connectivity index (χ1v) is 5.11. The van der Waals surface area contributed by atoms with Crippen LogP contribution in [0.5, 0.6) is 0 Å². The van der Waals surface area contributed by atoms with E-state index in [9.17, 15) is 4.39 Å². The van der Waals surface area contributed by atoms with Crippen LogP contribution in [0.1, 0.15) is 12.0 Å². The van der Waals surface area contributed by atoms with Crippen LogP contribution in [-0.4, -0.2) is 40.2 Å². The lowest BCUT2D eigenvalue weighted by atomic mass is 10.2. The number of aromatic nitrogens is 2. The topological polar surface area (TPSA) is 55.0 Å². The van der Waals surface area contributed by atoms with Crippen LogP contribution in [0.15, 0.2) is 18.7 Å². The highest BCUT2D eigenvalue weighted by Crippen LogP contribution is 2.21. The Morgan fingerprint density at radius 1 is 1.47 bits per heavy atom. The van der Waals surface area contributed by atoms with Crippen LogP contribution in [0.25, 0.3) is 0 Å². The maximum absolute atomic E-state index is 13.2. The van der Waals surface area contributed by atoms with Crippen molar-refractivity contribution < 1.29 is 4.39 Å². The summed E-state index contributed by atoms with van der Waals surface area (Å²) in [5.74, 6) is 0. The SMILES string of the molecule is NC[C@H]1C[C@@H](F)CN1Cc1cncnc1. The van der Waals surface area contributed by atoms with E-state index in [4.69, 9.17) is 5.73 Å². The Bertz CT molecular complexity index is 306. The van der Waals surface area contributed by atoms with E-state index in [1.807, 2.05) is 0 Å². The van der Waals surface area contributed by atoms with E-state index < -0.39 is 6.17 Å². The number of likely N-dealkylation sites (tertiary alicyclic amines) is 1. The van der Waals surface area contributed by atoms with Crippen LogP contribution in [0.4, 0.5) is 4.39 Å². The van der Waals surface area contributed by atoms with Crippen molar-refractivity contribution in [2.75, 3.05) is 13.1 Å². The van der Waals surface area contributed by atoms with E-state index in [1.165, 1.54) is 6.33 Å². The van der Waals surface area contributed by atoms with Gasteiger partial charge in [-0.15, -0.1) is 0 Å². The summed E-state index contributed by atoms with van der Waals surface area (Å²) >= 11 is 0. The van der Waals surface area contributed by atoms with E-state index in [1.54, 1.807) is 12.4 Å². The smallest absolute Gasteiger partial charge is 0.115 e. The van der Waals surface area contributed by atoms with Gasteiger partial charge < -0.3 is 5.73 Å². The number of nitrogens with zero attached hydrogens (tertiary/aromatic N) is 3. The average Bonchev–Trinajstić information content (AvgIpc) is 2.60. The number of hydrogen-bond acceptors (Lipinski definition) is 4. The van der Waals surface area contributed by atoms with Crippen molar-refractivity contribution in [1.82, 2.24) is 14.9 Å². The molecule has 0 aromatic carbocycles. The van der Waals surface area contributed by atoms with E-state index in [0.717, 1.165) is 5.56 Å². The third kappa shape index (κ3) is 2.49. The molecule has 5 heteroatoms. The van der Waals surface area contributed by atoms with Crippen LogP contribution < -0.4 is 5.73 Å². The van der Waals surface area contributed by atoms with Gasteiger partial charge in [0.25, 0.3) is 0 Å². The Morgan fingerprint density at radius 3 is 2.87 bits per heavy atom. The second kappa shape index (κ2) is 4.63. The number of nitrogens with two attached hydrogens (primary N) is 1. The standard InChI is InChI=1S/C10H15FN4/c11-9-1-10(2-12)15(6-9)5-8-3-13-7-14-4-8/h3-4,7,9-10H,1-2,5-6,12H2/t9-,10-/m1/s1. The molecular weight excluding hydrogens is 195 g/mol. The van der Waals surface area contributed by atoms with Gasteiger partial charge in [0.05, 0.1) is 0 Å². The summed E-state index contributed by atoms with van der Waals surface area (Å²) in [6, 6.07) is 0.153. The van der Waals surface area contributed by atoms with Crippen LogP contribution >= 0.6 is 0 Å². The Kier molecular flexibility index (Phi) is 3.23. The molecule has 0 unspecified atom stereocenters. The summed E-state index contributed by atoms with van der Waals surface area (Å²) in [7, 11) is 0. The average molecular weight is 210 g/mol. The molecular formula is C10H15FN4. The minimum absolute atomic E-state index is 0.153. The van der Waals surface area contributed by atoms with Crippen molar-refractivity contribution >= 4 is 0 Å². The molecule has 1 aliphatic heterocycles. The third-order valence-electron chi connectivity index (χ3n) is 2.75. The van der Waals surface area contributed by atoms with Gasteiger partial charge >= 0.3 is 0 Å². The van der Waals surface area contributed by atoms with E-state index in [0.29, 0.717) is 26.1 Å². The molecule has 2 heterocycles. The van der Waals surface area contributed by atoms with E-state index in [-0.39, 0.29) is 6.04 Å². The normalized spacial score (nSPS) is 27.1. The maximum atomic E-state index is 13.2. The van der Waals surface area contributed by atoms with Crippen LogP contribution in [0.2, 0.25) is 0 Å². The summed E-state index contributed by atoms with van der Waals surface area (Å²) in [4.78, 5) is 9.93. The summed E-state index contributed by atoms with van der Waals surface area (Å²) in [5.41, 5.74) is 6.61. The largest absolute Gasteiger partial charge is 0.329 e. The minimum atomic E-state index is -0.747. The second-order valence-corrected chi connectivity index (χ2v) is 3.90. The fraction of sp³-hybridized carbons (Fsp3) is 0.600. The molecule has 0 saturated carbocycles. The molecule has 1 saturated heterocycles. The van der Waals surface area contributed by atoms with Crippen molar-refractivity contribution in [3.63, 3.8) is 0 Å². The molecule has 1 fully saturated rings. The molecule has 0 spiro atoms. The lowest BCUT2D eigenvalue weighted by Gasteiger charge is -2.22. The van der Waals surface area contributed by atoms with Gasteiger partial charge in [-0.2, -0.15) is 0 Å². The van der Waals surface area contributed by atoms with Crippen molar-refractivity contribution in [3.8, 4) is 0 Å². The predicted molar refractivity (Wildman–Crippen MR) is 54.8 cm³/mol. The van der Waals surface area contributed by atoms with Gasteiger partial charge in [-0.3, -0.25) is 4.90 Å². The highest BCUT2D eigenvalue weighted by Gasteiger charge is 2.30. The zero-order chi connectivity index (χ0) is 10.7. The van der Waals surface area contributed by atoms with Gasteiger partial charge in [-0.25, -0.2) is 14.4 Å². The van der Waals surface area contributed by atoms with Gasteiger partial charge in [0.15, 0.2) is 0 Å². The van der Waals surface area contributed by atoms with Crippen LogP contribution in [-0.2, 0) is 6.54 Å². The molecule has 0 amide bonds. The first-order chi connectivity index (χ1) is 7.29. The molecule has 2 atom stereocenters. The summed E-state index contributed by atoms with van der Waals surface area (Å²) < 4.78 is 13.2. The summed E-state index contributed by atoms with van der Waals surface area (Å²) in [6.07, 6.45) is 4.80. The maximum Gasteiger partial charge on any atom is 0.115 e. The van der Waals surface area contributed by atoms with Crippen molar-refractivity contribution in [2.45, 2.75) is 25.2 Å². The molecule has 82 valence electrons. The monoisotopic (exact) mass is 210 g/mol. The zero-order valence-electron chi connectivity index (χ0n) is 8.51. The Balaban J connectivity index is 2.00. The number of halogens is 1.